The van der Waals surface area contributed by atoms with E-state index in [4.69, 9.17) is 0 Å². The second kappa shape index (κ2) is 9.82. The summed E-state index contributed by atoms with van der Waals surface area (Å²) in [6.45, 7) is 2.22. The van der Waals surface area contributed by atoms with Crippen LogP contribution in [-0.4, -0.2) is 6.54 Å². The fourth-order valence-corrected chi connectivity index (χ4v) is 11.9. The summed E-state index contributed by atoms with van der Waals surface area (Å²) < 4.78 is 4.03. The van der Waals surface area contributed by atoms with E-state index in [1.165, 1.54) is 97.3 Å². The first-order valence-electron chi connectivity index (χ1n) is 17.2. The van der Waals surface area contributed by atoms with Crippen LogP contribution in [0.4, 0.5) is 5.69 Å². The van der Waals surface area contributed by atoms with E-state index < -0.39 is 0 Å². The van der Waals surface area contributed by atoms with Gasteiger partial charge in [0.25, 0.3) is 5.01 Å². The van der Waals surface area contributed by atoms with Gasteiger partial charge in [-0.3, -0.25) is 0 Å². The third-order valence-electron chi connectivity index (χ3n) is 11.7. The van der Waals surface area contributed by atoms with Gasteiger partial charge in [0.2, 0.25) is 5.52 Å². The summed E-state index contributed by atoms with van der Waals surface area (Å²) in [5.74, 6) is 1.46. The molecular weight excluding hydrogens is 597 g/mol. The van der Waals surface area contributed by atoms with Crippen molar-refractivity contribution in [2.24, 2.45) is 11.8 Å². The van der Waals surface area contributed by atoms with E-state index in [-0.39, 0.29) is 0 Å². The van der Waals surface area contributed by atoms with E-state index in [0.717, 1.165) is 24.9 Å². The van der Waals surface area contributed by atoms with Crippen molar-refractivity contribution in [3.63, 3.8) is 0 Å². The highest BCUT2D eigenvalue weighted by atomic mass is 32.2. The maximum absolute atomic E-state index is 2.62. The Labute approximate surface area is 278 Å². The van der Waals surface area contributed by atoms with Gasteiger partial charge >= 0.3 is 0 Å². The largest absolute Gasteiger partial charge is 0.334 e. The van der Waals surface area contributed by atoms with Crippen molar-refractivity contribution < 1.29 is 4.57 Å². The molecule has 0 amide bonds. The monoisotopic (exact) mass is 631 g/mol. The molecule has 224 valence electrons. The molecule has 11 rings (SSSR count). The van der Waals surface area contributed by atoms with Gasteiger partial charge in [-0.25, -0.2) is 0 Å². The molecule has 4 heteroatoms. The molecule has 2 unspecified atom stereocenters. The van der Waals surface area contributed by atoms with Crippen LogP contribution in [0.3, 0.4) is 0 Å². The van der Waals surface area contributed by atoms with Crippen molar-refractivity contribution in [1.82, 2.24) is 0 Å². The molecular formula is C42H35N2S2+. The van der Waals surface area contributed by atoms with Gasteiger partial charge in [0.05, 0.1) is 10.7 Å². The van der Waals surface area contributed by atoms with Crippen molar-refractivity contribution in [3.05, 3.63) is 129 Å². The third-order valence-corrected chi connectivity index (χ3v) is 14.1. The lowest BCUT2D eigenvalue weighted by Crippen LogP contribution is -2.30. The summed E-state index contributed by atoms with van der Waals surface area (Å²) in [4.78, 5) is 4.03. The minimum Gasteiger partial charge on any atom is -0.334 e. The van der Waals surface area contributed by atoms with Crippen molar-refractivity contribution in [2.75, 3.05) is 11.4 Å². The number of hydrogen-bond donors (Lipinski definition) is 0. The zero-order valence-corrected chi connectivity index (χ0v) is 27.5. The lowest BCUT2D eigenvalue weighted by atomic mass is 9.68. The Morgan fingerprint density at radius 3 is 2.28 bits per heavy atom. The molecule has 0 fully saturated rings. The van der Waals surface area contributed by atoms with Crippen molar-refractivity contribution in [1.29, 1.82) is 0 Å². The molecule has 4 heterocycles. The third kappa shape index (κ3) is 3.86. The number of allylic oxidation sites excluding steroid dienone is 8. The van der Waals surface area contributed by atoms with Crippen molar-refractivity contribution >= 4 is 66.1 Å². The minimum absolute atomic E-state index is 0.729. The highest BCUT2D eigenvalue weighted by molar-refractivity contribution is 8.03. The van der Waals surface area contributed by atoms with E-state index in [9.17, 15) is 0 Å². The molecule has 3 aliphatic heterocycles. The van der Waals surface area contributed by atoms with E-state index in [1.807, 2.05) is 23.1 Å². The Balaban J connectivity index is 0.947. The molecule has 46 heavy (non-hydrogen) atoms. The van der Waals surface area contributed by atoms with E-state index in [2.05, 4.69) is 100 Å². The summed E-state index contributed by atoms with van der Waals surface area (Å²) in [6.07, 6.45) is 16.6. The number of aryl methyl sites for hydroxylation is 1. The number of fused-ring (bicyclic) bond motifs is 10. The number of rotatable bonds is 1. The Morgan fingerprint density at radius 1 is 0.696 bits per heavy atom. The van der Waals surface area contributed by atoms with Crippen LogP contribution >= 0.6 is 23.1 Å². The molecule has 0 spiro atoms. The summed E-state index contributed by atoms with van der Waals surface area (Å²) in [6, 6.07) is 27.3. The van der Waals surface area contributed by atoms with Crippen LogP contribution in [0.15, 0.2) is 129 Å². The van der Waals surface area contributed by atoms with Gasteiger partial charge in [0, 0.05) is 29.5 Å². The first kappa shape index (κ1) is 26.2. The minimum atomic E-state index is 0.729. The van der Waals surface area contributed by atoms with Gasteiger partial charge in [-0.15, -0.1) is 0 Å². The van der Waals surface area contributed by atoms with E-state index in [0.29, 0.717) is 0 Å². The maximum atomic E-state index is 2.62. The number of thiazole rings is 1. The van der Waals surface area contributed by atoms with Crippen molar-refractivity contribution in [3.8, 4) is 0 Å². The fraction of sp³-hybridized carbons (Fsp3) is 0.262. The molecule has 2 nitrogen and oxygen atoms in total. The number of anilines is 1. The lowest BCUT2D eigenvalue weighted by Gasteiger charge is -2.36. The average Bonchev–Trinajstić information content (AvgIpc) is 3.86. The average molecular weight is 632 g/mol. The highest BCUT2D eigenvalue weighted by Gasteiger charge is 2.38. The number of hydrogen-bond acceptors (Lipinski definition) is 3. The van der Waals surface area contributed by atoms with Crippen LogP contribution in [-0.2, 0) is 6.54 Å². The van der Waals surface area contributed by atoms with Gasteiger partial charge in [0.1, 0.15) is 4.70 Å². The molecule has 0 radical (unpaired) electrons. The second-order valence-electron chi connectivity index (χ2n) is 14.1. The zero-order valence-electron chi connectivity index (χ0n) is 25.9. The van der Waals surface area contributed by atoms with Gasteiger partial charge in [-0.1, -0.05) is 89.9 Å². The normalized spacial score (nSPS) is 25.0. The SMILES string of the molecule is C1=C(C2=C3Sc4cc5ccccc5cc4N3CC2)CCC2CC3CC/C(=C4/CC[n+]5c4sc4cc6ccccc6cc45)C=C3C=C12. The lowest BCUT2D eigenvalue weighted by molar-refractivity contribution is -0.659. The quantitative estimate of drug-likeness (QED) is 0.170. The van der Waals surface area contributed by atoms with Gasteiger partial charge in [0.15, 0.2) is 6.54 Å². The summed E-state index contributed by atoms with van der Waals surface area (Å²) in [7, 11) is 0. The van der Waals surface area contributed by atoms with E-state index >= 15 is 0 Å². The molecule has 0 bridgehead atoms. The maximum Gasteiger partial charge on any atom is 0.266 e. The first-order chi connectivity index (χ1) is 22.7. The van der Waals surface area contributed by atoms with Crippen LogP contribution in [0, 0.1) is 11.8 Å². The van der Waals surface area contributed by atoms with Crippen LogP contribution < -0.4 is 9.47 Å². The number of aromatic nitrogens is 1. The standard InChI is InChI=1S/C42H35N2S2/c1-3-7-27-23-39-37(21-25(27)5-1)43-15-13-35(41(43)45-39)31-11-9-29-17-30-10-12-32(19-34(30)20-33(29)18-31)36-14-16-44-38-22-26-6-2-4-8-28(26)24-40(38)46-42(36)44/h1-8,18-24,29-30H,9-17H2/q+1. The van der Waals surface area contributed by atoms with Crippen LogP contribution in [0.25, 0.3) is 37.3 Å². The van der Waals surface area contributed by atoms with Crippen molar-refractivity contribution in [2.45, 2.75) is 56.4 Å². The predicted molar refractivity (Wildman–Crippen MR) is 194 cm³/mol. The molecule has 5 aromatic rings. The Kier molecular flexibility index (Phi) is 5.60. The molecule has 1 aromatic heterocycles. The van der Waals surface area contributed by atoms with E-state index in [1.54, 1.807) is 33.4 Å². The van der Waals surface area contributed by atoms with Crippen LogP contribution in [0.1, 0.15) is 50.0 Å². The number of nitrogens with zero attached hydrogens (tertiary/aromatic N) is 2. The molecule has 2 atom stereocenters. The molecule has 4 aromatic carbocycles. The molecule has 0 saturated heterocycles. The number of thioether (sulfide) groups is 1. The Bertz CT molecular complexity index is 2340. The Hall–Kier alpha value is -3.86. The van der Waals surface area contributed by atoms with Gasteiger partial charge in [-0.05, 0) is 118 Å². The first-order valence-corrected chi connectivity index (χ1v) is 18.8. The zero-order chi connectivity index (χ0) is 29.9. The molecule has 6 aliphatic rings. The second-order valence-corrected chi connectivity index (χ2v) is 16.2. The Morgan fingerprint density at radius 2 is 1.43 bits per heavy atom. The number of benzene rings is 4. The molecule has 3 aliphatic carbocycles. The summed E-state index contributed by atoms with van der Waals surface area (Å²) in [5, 5.41) is 8.39. The van der Waals surface area contributed by atoms with Crippen LogP contribution in [0.2, 0.25) is 0 Å². The topological polar surface area (TPSA) is 7.12 Å². The molecule has 0 saturated carbocycles. The van der Waals surface area contributed by atoms with Crippen LogP contribution in [0.5, 0.6) is 0 Å². The fourth-order valence-electron chi connectivity index (χ4n) is 9.30. The van der Waals surface area contributed by atoms with Gasteiger partial charge < -0.3 is 4.90 Å². The summed E-state index contributed by atoms with van der Waals surface area (Å²) >= 11 is 4.02. The van der Waals surface area contributed by atoms with Gasteiger partial charge in [-0.2, -0.15) is 4.57 Å². The predicted octanol–water partition coefficient (Wildman–Crippen LogP) is 10.9. The smallest absolute Gasteiger partial charge is 0.266 e. The highest BCUT2D eigenvalue weighted by Crippen LogP contribution is 2.55. The molecule has 0 N–H and O–H groups in total. The summed E-state index contributed by atoms with van der Waals surface area (Å²) in [5.41, 5.74) is 12.5.